The van der Waals surface area contributed by atoms with Gasteiger partial charge in [-0.15, -0.1) is 0 Å². The van der Waals surface area contributed by atoms with Crippen molar-refractivity contribution in [1.29, 1.82) is 0 Å². The van der Waals surface area contributed by atoms with E-state index in [0.29, 0.717) is 6.54 Å². The quantitative estimate of drug-likeness (QED) is 0.705. The van der Waals surface area contributed by atoms with Crippen LogP contribution in [0, 0.1) is 5.41 Å². The fourth-order valence-corrected chi connectivity index (χ4v) is 2.08. The van der Waals surface area contributed by atoms with E-state index in [2.05, 4.69) is 30.2 Å². The number of carbonyl (C=O) groups is 1. The first kappa shape index (κ1) is 12.2. The third-order valence-corrected chi connectivity index (χ3v) is 3.66. The number of hydrogen-bond acceptors (Lipinski definition) is 2. The molecule has 1 aliphatic carbocycles. The van der Waals surface area contributed by atoms with Gasteiger partial charge in [-0.25, -0.2) is 0 Å². The van der Waals surface area contributed by atoms with Crippen molar-refractivity contribution in [2.45, 2.75) is 32.1 Å². The summed E-state index contributed by atoms with van der Waals surface area (Å²) in [6.45, 7) is 5.65. The zero-order chi connectivity index (χ0) is 12.5. The number of aromatic amines is 1. The second-order valence-electron chi connectivity index (χ2n) is 5.66. The van der Waals surface area contributed by atoms with Crippen LogP contribution in [0.2, 0.25) is 0 Å². The number of rotatable bonds is 6. The molecule has 0 radical (unpaired) electrons. The van der Waals surface area contributed by atoms with Gasteiger partial charge in [-0.05, 0) is 25.0 Å². The van der Waals surface area contributed by atoms with E-state index >= 15 is 0 Å². The van der Waals surface area contributed by atoms with Crippen LogP contribution in [-0.2, 0) is 10.2 Å². The minimum atomic E-state index is -0.664. The normalized spacial score (nSPS) is 18.0. The Bertz CT molecular complexity index is 392. The van der Waals surface area contributed by atoms with E-state index in [1.165, 1.54) is 5.69 Å². The summed E-state index contributed by atoms with van der Waals surface area (Å²) in [5, 5.41) is 12.4. The van der Waals surface area contributed by atoms with Gasteiger partial charge in [-0.3, -0.25) is 4.79 Å². The van der Waals surface area contributed by atoms with Gasteiger partial charge in [-0.2, -0.15) is 0 Å². The van der Waals surface area contributed by atoms with Crippen LogP contribution in [0.25, 0.3) is 0 Å². The molecule has 0 saturated heterocycles. The van der Waals surface area contributed by atoms with Crippen molar-refractivity contribution in [3.63, 3.8) is 0 Å². The van der Waals surface area contributed by atoms with Gasteiger partial charge < -0.3 is 15.4 Å². The maximum atomic E-state index is 11.0. The van der Waals surface area contributed by atoms with E-state index in [1.54, 1.807) is 0 Å². The Morgan fingerprint density at radius 3 is 2.76 bits per heavy atom. The van der Waals surface area contributed by atoms with Crippen LogP contribution in [0.1, 0.15) is 32.4 Å². The predicted octanol–water partition coefficient (Wildman–Crippen LogP) is 1.75. The summed E-state index contributed by atoms with van der Waals surface area (Å²) in [4.78, 5) is 14.2. The number of aliphatic carboxylic acids is 1. The highest BCUT2D eigenvalue weighted by molar-refractivity contribution is 5.78. The molecule has 1 aliphatic rings. The van der Waals surface area contributed by atoms with E-state index in [-0.39, 0.29) is 5.41 Å². The van der Waals surface area contributed by atoms with Crippen LogP contribution in [0.5, 0.6) is 0 Å². The average molecular weight is 236 g/mol. The fraction of sp³-hybridized carbons (Fsp3) is 0.615. The first-order valence-electron chi connectivity index (χ1n) is 6.04. The van der Waals surface area contributed by atoms with Crippen LogP contribution in [-0.4, -0.2) is 29.1 Å². The van der Waals surface area contributed by atoms with Crippen LogP contribution in [0.15, 0.2) is 18.3 Å². The molecule has 0 aromatic carbocycles. The molecule has 3 N–H and O–H groups in total. The van der Waals surface area contributed by atoms with Gasteiger partial charge >= 0.3 is 5.97 Å². The van der Waals surface area contributed by atoms with Crippen molar-refractivity contribution in [3.8, 4) is 0 Å². The zero-order valence-corrected chi connectivity index (χ0v) is 10.4. The van der Waals surface area contributed by atoms with Crippen molar-refractivity contribution in [3.05, 3.63) is 24.0 Å². The molecule has 1 aromatic heterocycles. The largest absolute Gasteiger partial charge is 0.481 e. The van der Waals surface area contributed by atoms with Crippen molar-refractivity contribution in [1.82, 2.24) is 10.3 Å². The minimum absolute atomic E-state index is 0.00190. The third-order valence-electron chi connectivity index (χ3n) is 3.66. The summed E-state index contributed by atoms with van der Waals surface area (Å²) in [7, 11) is 0. The number of nitrogens with one attached hydrogen (secondary N) is 2. The van der Waals surface area contributed by atoms with E-state index in [4.69, 9.17) is 5.11 Å². The third kappa shape index (κ3) is 2.52. The van der Waals surface area contributed by atoms with E-state index in [9.17, 15) is 4.79 Å². The molecule has 1 aromatic rings. The smallest absolute Gasteiger partial charge is 0.310 e. The summed E-state index contributed by atoms with van der Waals surface area (Å²) in [6.07, 6.45) is 3.52. The summed E-state index contributed by atoms with van der Waals surface area (Å²) >= 11 is 0. The zero-order valence-electron chi connectivity index (χ0n) is 10.4. The van der Waals surface area contributed by atoms with Crippen molar-refractivity contribution in [2.24, 2.45) is 5.41 Å². The van der Waals surface area contributed by atoms with Gasteiger partial charge in [0.1, 0.15) is 0 Å². The molecule has 4 nitrogen and oxygen atoms in total. The van der Waals surface area contributed by atoms with Crippen LogP contribution >= 0.6 is 0 Å². The lowest BCUT2D eigenvalue weighted by Crippen LogP contribution is -2.38. The van der Waals surface area contributed by atoms with Gasteiger partial charge in [-0.1, -0.05) is 13.8 Å². The first-order chi connectivity index (χ1) is 7.96. The Morgan fingerprint density at radius 2 is 2.29 bits per heavy atom. The minimum Gasteiger partial charge on any atom is -0.481 e. The second-order valence-corrected chi connectivity index (χ2v) is 5.66. The monoisotopic (exact) mass is 236 g/mol. The molecule has 0 amide bonds. The lowest BCUT2D eigenvalue weighted by atomic mass is 9.89. The molecule has 17 heavy (non-hydrogen) atoms. The summed E-state index contributed by atoms with van der Waals surface area (Å²) in [5.74, 6) is -0.664. The highest BCUT2D eigenvalue weighted by Crippen LogP contribution is 2.45. The Hall–Kier alpha value is -1.29. The Morgan fingerprint density at radius 1 is 1.59 bits per heavy atom. The van der Waals surface area contributed by atoms with Gasteiger partial charge in [0, 0.05) is 30.4 Å². The molecule has 1 fully saturated rings. The lowest BCUT2D eigenvalue weighted by Gasteiger charge is -2.25. The van der Waals surface area contributed by atoms with Gasteiger partial charge in [0.25, 0.3) is 0 Å². The van der Waals surface area contributed by atoms with Crippen molar-refractivity contribution >= 4 is 5.97 Å². The predicted molar refractivity (Wildman–Crippen MR) is 66.0 cm³/mol. The Labute approximate surface area is 101 Å². The fourth-order valence-electron chi connectivity index (χ4n) is 2.08. The topological polar surface area (TPSA) is 65.1 Å². The van der Waals surface area contributed by atoms with E-state index < -0.39 is 11.4 Å². The molecule has 4 heteroatoms. The van der Waals surface area contributed by atoms with Crippen LogP contribution in [0.3, 0.4) is 0 Å². The van der Waals surface area contributed by atoms with Gasteiger partial charge in [0.05, 0.1) is 5.41 Å². The maximum Gasteiger partial charge on any atom is 0.310 e. The van der Waals surface area contributed by atoms with Crippen LogP contribution < -0.4 is 5.32 Å². The highest BCUT2D eigenvalue weighted by atomic mass is 16.4. The van der Waals surface area contributed by atoms with Crippen molar-refractivity contribution in [2.75, 3.05) is 13.1 Å². The molecular formula is C13H20N2O2. The lowest BCUT2D eigenvalue weighted by molar-refractivity contribution is -0.143. The Balaban J connectivity index is 1.85. The van der Waals surface area contributed by atoms with E-state index in [1.807, 2.05) is 12.3 Å². The standard InChI is InChI=1S/C13H20N2O2/c1-12(2,10-4-3-7-15-10)8-14-9-13(5-6-13)11(16)17/h3-4,7,14-15H,5-6,8-9H2,1-2H3,(H,16,17). The Kier molecular flexibility index (Phi) is 3.00. The van der Waals surface area contributed by atoms with Crippen molar-refractivity contribution < 1.29 is 9.90 Å². The molecule has 1 saturated carbocycles. The van der Waals surface area contributed by atoms with Gasteiger partial charge in [0.2, 0.25) is 0 Å². The number of carboxylic acid groups (broad SMARTS) is 1. The second kappa shape index (κ2) is 4.18. The molecule has 0 bridgehead atoms. The first-order valence-corrected chi connectivity index (χ1v) is 6.04. The molecule has 1 heterocycles. The summed E-state index contributed by atoms with van der Waals surface area (Å²) in [6, 6.07) is 4.04. The van der Waals surface area contributed by atoms with Crippen LogP contribution in [0.4, 0.5) is 0 Å². The molecule has 94 valence electrons. The van der Waals surface area contributed by atoms with Gasteiger partial charge in [0.15, 0.2) is 0 Å². The van der Waals surface area contributed by atoms with E-state index in [0.717, 1.165) is 19.4 Å². The maximum absolute atomic E-state index is 11.0. The summed E-state index contributed by atoms with van der Waals surface area (Å²) < 4.78 is 0. The molecule has 0 unspecified atom stereocenters. The molecule has 0 spiro atoms. The molecule has 2 rings (SSSR count). The number of carboxylic acids is 1. The average Bonchev–Trinajstić information content (AvgIpc) is 2.84. The molecular weight excluding hydrogens is 216 g/mol. The molecule has 0 aliphatic heterocycles. The highest BCUT2D eigenvalue weighted by Gasteiger charge is 2.49. The molecule has 0 atom stereocenters. The number of H-pyrrole nitrogens is 1. The number of hydrogen-bond donors (Lipinski definition) is 3. The SMILES string of the molecule is CC(C)(CNCC1(C(=O)O)CC1)c1ccc[nH]1. The summed E-state index contributed by atoms with van der Waals surface area (Å²) in [5.41, 5.74) is 0.689. The number of aromatic nitrogens is 1.